The number of likely N-dealkylation sites (tertiary alicyclic amines) is 1. The average molecular weight is 433 g/mol. The molecule has 2 amide bonds. The second kappa shape index (κ2) is 9.12. The number of rotatable bonds is 6. The largest absolute Gasteiger partial charge is 0.378 e. The molecule has 7 nitrogen and oxygen atoms in total. The third kappa shape index (κ3) is 4.25. The molecule has 1 atom stereocenters. The summed E-state index contributed by atoms with van der Waals surface area (Å²) < 4.78 is 7.40. The van der Waals surface area contributed by atoms with E-state index in [0.29, 0.717) is 45.8 Å². The summed E-state index contributed by atoms with van der Waals surface area (Å²) in [6.45, 7) is 3.98. The van der Waals surface area contributed by atoms with E-state index in [1.54, 1.807) is 0 Å². The lowest BCUT2D eigenvalue weighted by atomic mass is 10.1. The van der Waals surface area contributed by atoms with Crippen LogP contribution in [0.25, 0.3) is 11.0 Å². The third-order valence-corrected chi connectivity index (χ3v) is 6.43. The topological polar surface area (TPSA) is 67.7 Å². The van der Waals surface area contributed by atoms with Crippen LogP contribution >= 0.6 is 0 Å². The Hall–Kier alpha value is -3.19. The fourth-order valence-electron chi connectivity index (χ4n) is 4.69. The molecule has 2 aliphatic rings. The zero-order chi connectivity index (χ0) is 21.9. The maximum absolute atomic E-state index is 13.0. The number of imidazole rings is 1. The predicted octanol–water partition coefficient (Wildman–Crippen LogP) is 2.45. The Balaban J connectivity index is 1.36. The van der Waals surface area contributed by atoms with Crippen molar-refractivity contribution in [2.45, 2.75) is 25.3 Å². The summed E-state index contributed by atoms with van der Waals surface area (Å²) in [4.78, 5) is 34.4. The number of para-hydroxylation sites is 2. The Morgan fingerprint density at radius 1 is 1.03 bits per heavy atom. The van der Waals surface area contributed by atoms with Gasteiger partial charge in [-0.3, -0.25) is 9.59 Å². The SMILES string of the molecule is O=C(Cn1c([C@H]2CC(=O)N(CCc3ccccc3)C2)nc2ccccc21)N1CCOCC1. The van der Waals surface area contributed by atoms with Crippen LogP contribution in [0.15, 0.2) is 54.6 Å². The van der Waals surface area contributed by atoms with E-state index in [1.165, 1.54) is 5.56 Å². The summed E-state index contributed by atoms with van der Waals surface area (Å²) in [6.07, 6.45) is 1.27. The van der Waals surface area contributed by atoms with Crippen molar-refractivity contribution < 1.29 is 14.3 Å². The Kier molecular flexibility index (Phi) is 5.90. The number of hydrogen-bond donors (Lipinski definition) is 0. The number of nitrogens with zero attached hydrogens (tertiary/aromatic N) is 4. The summed E-state index contributed by atoms with van der Waals surface area (Å²) in [5.74, 6) is 1.05. The van der Waals surface area contributed by atoms with Crippen LogP contribution in [0.5, 0.6) is 0 Å². The van der Waals surface area contributed by atoms with Gasteiger partial charge in [-0.25, -0.2) is 4.98 Å². The van der Waals surface area contributed by atoms with Gasteiger partial charge in [0.05, 0.1) is 24.2 Å². The van der Waals surface area contributed by atoms with Crippen LogP contribution < -0.4 is 0 Å². The Bertz CT molecular complexity index is 1100. The summed E-state index contributed by atoms with van der Waals surface area (Å²) >= 11 is 0. The van der Waals surface area contributed by atoms with E-state index < -0.39 is 0 Å². The van der Waals surface area contributed by atoms with Crippen molar-refractivity contribution in [2.24, 2.45) is 0 Å². The molecule has 2 aromatic carbocycles. The normalized spacial score (nSPS) is 19.1. The smallest absolute Gasteiger partial charge is 0.242 e. The molecule has 32 heavy (non-hydrogen) atoms. The molecule has 0 N–H and O–H groups in total. The van der Waals surface area contributed by atoms with Crippen LogP contribution in [0.4, 0.5) is 0 Å². The summed E-state index contributed by atoms with van der Waals surface area (Å²) in [7, 11) is 0. The zero-order valence-corrected chi connectivity index (χ0v) is 18.2. The van der Waals surface area contributed by atoms with Gasteiger partial charge < -0.3 is 19.1 Å². The molecule has 0 saturated carbocycles. The van der Waals surface area contributed by atoms with Crippen LogP contribution in [-0.4, -0.2) is 70.6 Å². The van der Waals surface area contributed by atoms with Crippen LogP contribution in [-0.2, 0) is 27.3 Å². The van der Waals surface area contributed by atoms with Crippen molar-refractivity contribution in [3.05, 3.63) is 66.0 Å². The Morgan fingerprint density at radius 2 is 1.78 bits per heavy atom. The van der Waals surface area contributed by atoms with Gasteiger partial charge in [-0.1, -0.05) is 42.5 Å². The van der Waals surface area contributed by atoms with Gasteiger partial charge in [0.15, 0.2) is 0 Å². The molecule has 1 aromatic heterocycles. The maximum Gasteiger partial charge on any atom is 0.242 e. The molecular formula is C25H28N4O3. The molecule has 2 aliphatic heterocycles. The highest BCUT2D eigenvalue weighted by atomic mass is 16.5. The molecule has 166 valence electrons. The van der Waals surface area contributed by atoms with Gasteiger partial charge in [0.25, 0.3) is 0 Å². The lowest BCUT2D eigenvalue weighted by Crippen LogP contribution is -2.42. The fraction of sp³-hybridized carbons (Fsp3) is 0.400. The van der Waals surface area contributed by atoms with Crippen molar-refractivity contribution in [1.29, 1.82) is 0 Å². The van der Waals surface area contributed by atoms with Gasteiger partial charge in [0.2, 0.25) is 11.8 Å². The van der Waals surface area contributed by atoms with Crippen molar-refractivity contribution in [2.75, 3.05) is 39.4 Å². The molecule has 0 bridgehead atoms. The minimum absolute atomic E-state index is 0.0110. The monoisotopic (exact) mass is 432 g/mol. The molecule has 3 aromatic rings. The molecule has 3 heterocycles. The first-order valence-electron chi connectivity index (χ1n) is 11.3. The maximum atomic E-state index is 13.0. The minimum Gasteiger partial charge on any atom is -0.378 e. The lowest BCUT2D eigenvalue weighted by Gasteiger charge is -2.27. The number of hydrogen-bond acceptors (Lipinski definition) is 4. The summed E-state index contributed by atoms with van der Waals surface area (Å²) in [5, 5.41) is 0. The van der Waals surface area contributed by atoms with E-state index in [9.17, 15) is 9.59 Å². The van der Waals surface area contributed by atoms with E-state index >= 15 is 0 Å². The number of benzene rings is 2. The highest BCUT2D eigenvalue weighted by Crippen LogP contribution is 2.30. The number of fused-ring (bicyclic) bond motifs is 1. The van der Waals surface area contributed by atoms with Crippen LogP contribution in [0.1, 0.15) is 23.7 Å². The highest BCUT2D eigenvalue weighted by Gasteiger charge is 2.34. The number of ether oxygens (including phenoxy) is 1. The van der Waals surface area contributed by atoms with Gasteiger partial charge in [0.1, 0.15) is 12.4 Å². The molecule has 0 radical (unpaired) electrons. The van der Waals surface area contributed by atoms with Crippen LogP contribution in [0.2, 0.25) is 0 Å². The molecule has 0 aliphatic carbocycles. The van der Waals surface area contributed by atoms with Gasteiger partial charge in [-0.05, 0) is 24.1 Å². The van der Waals surface area contributed by atoms with Crippen LogP contribution in [0, 0.1) is 0 Å². The zero-order valence-electron chi connectivity index (χ0n) is 18.2. The molecule has 0 unspecified atom stereocenters. The van der Waals surface area contributed by atoms with E-state index in [-0.39, 0.29) is 24.3 Å². The van der Waals surface area contributed by atoms with Gasteiger partial charge in [0, 0.05) is 38.5 Å². The molecule has 7 heteroatoms. The number of carbonyl (C=O) groups is 2. The lowest BCUT2D eigenvalue weighted by molar-refractivity contribution is -0.135. The van der Waals surface area contributed by atoms with Gasteiger partial charge >= 0.3 is 0 Å². The molecular weight excluding hydrogens is 404 g/mol. The summed E-state index contributed by atoms with van der Waals surface area (Å²) in [6, 6.07) is 18.1. The van der Waals surface area contributed by atoms with Crippen molar-refractivity contribution in [3.8, 4) is 0 Å². The number of morpholine rings is 1. The Labute approximate surface area is 187 Å². The number of aromatic nitrogens is 2. The first kappa shape index (κ1) is 20.7. The van der Waals surface area contributed by atoms with Crippen molar-refractivity contribution in [3.63, 3.8) is 0 Å². The quantitative estimate of drug-likeness (QED) is 0.600. The summed E-state index contributed by atoms with van der Waals surface area (Å²) in [5.41, 5.74) is 3.04. The third-order valence-electron chi connectivity index (χ3n) is 6.43. The van der Waals surface area contributed by atoms with E-state index in [4.69, 9.17) is 9.72 Å². The number of amides is 2. The van der Waals surface area contributed by atoms with E-state index in [1.807, 2.05) is 56.8 Å². The first-order valence-corrected chi connectivity index (χ1v) is 11.3. The van der Waals surface area contributed by atoms with E-state index in [2.05, 4.69) is 12.1 Å². The van der Waals surface area contributed by atoms with Gasteiger partial charge in [-0.2, -0.15) is 0 Å². The molecule has 2 saturated heterocycles. The van der Waals surface area contributed by atoms with Crippen molar-refractivity contribution in [1.82, 2.24) is 19.4 Å². The fourth-order valence-corrected chi connectivity index (χ4v) is 4.69. The minimum atomic E-state index is -0.0110. The standard InChI is InChI=1S/C25H28N4O3/c30-23-16-20(17-28(23)11-10-19-6-2-1-3-7-19)25-26-21-8-4-5-9-22(21)29(25)18-24(31)27-12-14-32-15-13-27/h1-9,20H,10-18H2/t20-/m0/s1. The molecule has 0 spiro atoms. The second-order valence-electron chi connectivity index (χ2n) is 8.51. The average Bonchev–Trinajstić information content (AvgIpc) is 3.39. The molecule has 5 rings (SSSR count). The van der Waals surface area contributed by atoms with Crippen molar-refractivity contribution >= 4 is 22.8 Å². The first-order chi connectivity index (χ1) is 15.7. The predicted molar refractivity (Wildman–Crippen MR) is 121 cm³/mol. The second-order valence-corrected chi connectivity index (χ2v) is 8.51. The highest BCUT2D eigenvalue weighted by molar-refractivity contribution is 5.83. The van der Waals surface area contributed by atoms with Gasteiger partial charge in [-0.15, -0.1) is 0 Å². The molecule has 2 fully saturated rings. The van der Waals surface area contributed by atoms with Crippen LogP contribution in [0.3, 0.4) is 0 Å². The van der Waals surface area contributed by atoms with E-state index in [0.717, 1.165) is 23.3 Å². The number of carbonyl (C=O) groups excluding carboxylic acids is 2. The Morgan fingerprint density at radius 3 is 2.59 bits per heavy atom.